The quantitative estimate of drug-likeness (QED) is 0.0654. The molecule has 276 valence electrons. The molecule has 0 spiro atoms. The summed E-state index contributed by atoms with van der Waals surface area (Å²) in [6.45, 7) is 8.18. The van der Waals surface area contributed by atoms with Gasteiger partial charge in [0, 0.05) is 19.4 Å². The molecule has 4 aromatic carbocycles. The van der Waals surface area contributed by atoms with Crippen LogP contribution in [-0.2, 0) is 12.8 Å². The number of ether oxygens (including phenoxy) is 4. The standard InChI is InChI=1S/C40H47N9O4/c1-7-49(8-2)25-11-24-41-40-43-36(26-28-16-20-30(21-17-28)45-47-38-32(50-3)12-9-13-33(38)51-4)42-37(44-40)27-29-18-22-31(23-19-29)46-48-39-34(52-5)14-10-15-35(39)53-6/h9-10,12-23H,7-8,11,24-27H2,1-6H3,(H,41,42,43,44). The van der Waals surface area contributed by atoms with E-state index in [0.29, 0.717) is 76.2 Å². The van der Waals surface area contributed by atoms with Gasteiger partial charge in [0.15, 0.2) is 11.4 Å². The van der Waals surface area contributed by atoms with Crippen molar-refractivity contribution in [1.82, 2.24) is 19.9 Å². The van der Waals surface area contributed by atoms with E-state index in [2.05, 4.69) is 44.5 Å². The molecule has 13 nitrogen and oxygen atoms in total. The number of benzene rings is 4. The minimum absolute atomic E-state index is 0.521. The first kappa shape index (κ1) is 38.3. The maximum atomic E-state index is 5.44. The molecule has 0 atom stereocenters. The van der Waals surface area contributed by atoms with Gasteiger partial charge in [-0.1, -0.05) is 50.2 Å². The number of aromatic nitrogens is 3. The predicted octanol–water partition coefficient (Wildman–Crippen LogP) is 9.06. The van der Waals surface area contributed by atoms with Gasteiger partial charge in [-0.3, -0.25) is 0 Å². The Morgan fingerprint density at radius 2 is 0.962 bits per heavy atom. The maximum Gasteiger partial charge on any atom is 0.226 e. The lowest BCUT2D eigenvalue weighted by Gasteiger charge is -2.17. The summed E-state index contributed by atoms with van der Waals surface area (Å²) in [5, 5.41) is 21.1. The van der Waals surface area contributed by atoms with Crippen molar-refractivity contribution in [1.29, 1.82) is 0 Å². The number of methoxy groups -OCH3 is 4. The Labute approximate surface area is 311 Å². The molecule has 0 bridgehead atoms. The van der Waals surface area contributed by atoms with Gasteiger partial charge < -0.3 is 29.2 Å². The van der Waals surface area contributed by atoms with E-state index in [4.69, 9.17) is 33.9 Å². The third-order valence-electron chi connectivity index (χ3n) is 8.49. The fourth-order valence-electron chi connectivity index (χ4n) is 5.55. The van der Waals surface area contributed by atoms with Gasteiger partial charge in [0.05, 0.1) is 39.8 Å². The fourth-order valence-corrected chi connectivity index (χ4v) is 5.55. The lowest BCUT2D eigenvalue weighted by molar-refractivity contribution is 0.303. The zero-order valence-corrected chi connectivity index (χ0v) is 31.2. The van der Waals surface area contributed by atoms with Gasteiger partial charge in [0.1, 0.15) is 34.6 Å². The van der Waals surface area contributed by atoms with Crippen LogP contribution in [0.5, 0.6) is 23.0 Å². The van der Waals surface area contributed by atoms with Crippen LogP contribution in [0.4, 0.5) is 28.7 Å². The van der Waals surface area contributed by atoms with Crippen molar-refractivity contribution in [2.45, 2.75) is 33.1 Å². The molecule has 0 aliphatic heterocycles. The Balaban J connectivity index is 1.31. The molecule has 5 rings (SSSR count). The average Bonchev–Trinajstić information content (AvgIpc) is 3.20. The first-order valence-electron chi connectivity index (χ1n) is 17.6. The second kappa shape index (κ2) is 19.6. The summed E-state index contributed by atoms with van der Waals surface area (Å²) >= 11 is 0. The molecule has 0 unspecified atom stereocenters. The van der Waals surface area contributed by atoms with Gasteiger partial charge in [0.25, 0.3) is 0 Å². The van der Waals surface area contributed by atoms with Crippen LogP contribution in [0.25, 0.3) is 0 Å². The molecule has 13 heteroatoms. The summed E-state index contributed by atoms with van der Waals surface area (Å²) < 4.78 is 21.8. The van der Waals surface area contributed by atoms with Crippen LogP contribution < -0.4 is 24.3 Å². The third kappa shape index (κ3) is 10.8. The number of azo groups is 2. The largest absolute Gasteiger partial charge is 0.494 e. The summed E-state index contributed by atoms with van der Waals surface area (Å²) in [6.07, 6.45) is 2.02. The molecular formula is C40H47N9O4. The molecule has 0 saturated heterocycles. The predicted molar refractivity (Wildman–Crippen MR) is 207 cm³/mol. The molecule has 0 amide bonds. The molecule has 0 fully saturated rings. The van der Waals surface area contributed by atoms with Gasteiger partial charge in [-0.15, -0.1) is 10.2 Å². The summed E-state index contributed by atoms with van der Waals surface area (Å²) in [6, 6.07) is 26.6. The lowest BCUT2D eigenvalue weighted by atomic mass is 10.1. The Morgan fingerprint density at radius 3 is 1.34 bits per heavy atom. The highest BCUT2D eigenvalue weighted by Crippen LogP contribution is 2.39. The average molecular weight is 718 g/mol. The van der Waals surface area contributed by atoms with Crippen molar-refractivity contribution in [2.24, 2.45) is 20.5 Å². The van der Waals surface area contributed by atoms with E-state index in [-0.39, 0.29) is 0 Å². The Kier molecular flexibility index (Phi) is 14.2. The van der Waals surface area contributed by atoms with E-state index in [1.54, 1.807) is 28.4 Å². The van der Waals surface area contributed by atoms with Crippen molar-refractivity contribution >= 4 is 28.7 Å². The minimum atomic E-state index is 0.521. The third-order valence-corrected chi connectivity index (χ3v) is 8.49. The topological polar surface area (TPSA) is 140 Å². The smallest absolute Gasteiger partial charge is 0.226 e. The molecule has 53 heavy (non-hydrogen) atoms. The summed E-state index contributed by atoms with van der Waals surface area (Å²) in [7, 11) is 6.37. The number of rotatable bonds is 19. The van der Waals surface area contributed by atoms with E-state index in [1.165, 1.54) is 0 Å². The summed E-state index contributed by atoms with van der Waals surface area (Å²) in [4.78, 5) is 16.9. The van der Waals surface area contributed by atoms with Crippen LogP contribution in [0.2, 0.25) is 0 Å². The van der Waals surface area contributed by atoms with Gasteiger partial charge >= 0.3 is 0 Å². The monoisotopic (exact) mass is 717 g/mol. The Bertz CT molecular complexity index is 1790. The van der Waals surface area contributed by atoms with Gasteiger partial charge in [-0.25, -0.2) is 4.98 Å². The van der Waals surface area contributed by atoms with Gasteiger partial charge in [-0.2, -0.15) is 20.2 Å². The molecule has 5 aromatic rings. The van der Waals surface area contributed by atoms with Crippen LogP contribution in [-0.4, -0.2) is 74.5 Å². The van der Waals surface area contributed by atoms with E-state index in [9.17, 15) is 0 Å². The highest BCUT2D eigenvalue weighted by Gasteiger charge is 2.12. The number of anilines is 1. The van der Waals surface area contributed by atoms with Crippen LogP contribution in [0.1, 0.15) is 43.0 Å². The first-order chi connectivity index (χ1) is 26.0. The SMILES string of the molecule is CCN(CC)CCCNc1nc(Cc2ccc(N=Nc3c(OC)cccc3OC)cc2)nc(Cc2ccc(N=Nc3c(OC)cccc3OC)cc2)n1. The highest BCUT2D eigenvalue weighted by molar-refractivity contribution is 5.63. The second-order valence-electron chi connectivity index (χ2n) is 11.9. The van der Waals surface area contributed by atoms with Gasteiger partial charge in [0.2, 0.25) is 5.95 Å². The van der Waals surface area contributed by atoms with Crippen molar-refractivity contribution in [3.8, 4) is 23.0 Å². The first-order valence-corrected chi connectivity index (χ1v) is 17.6. The number of hydrogen-bond acceptors (Lipinski definition) is 13. The van der Waals surface area contributed by atoms with Crippen LogP contribution in [0, 0.1) is 0 Å². The normalized spacial score (nSPS) is 11.4. The molecule has 0 aliphatic rings. The van der Waals surface area contributed by atoms with Crippen LogP contribution in [0.3, 0.4) is 0 Å². The van der Waals surface area contributed by atoms with Crippen molar-refractivity contribution in [3.63, 3.8) is 0 Å². The molecule has 0 radical (unpaired) electrons. The van der Waals surface area contributed by atoms with Crippen molar-refractivity contribution < 1.29 is 18.9 Å². The fraction of sp³-hybridized carbons (Fsp3) is 0.325. The highest BCUT2D eigenvalue weighted by atomic mass is 16.5. The minimum Gasteiger partial charge on any atom is -0.494 e. The zero-order valence-electron chi connectivity index (χ0n) is 31.2. The maximum absolute atomic E-state index is 5.44. The van der Waals surface area contributed by atoms with Crippen LogP contribution >= 0.6 is 0 Å². The molecule has 1 N–H and O–H groups in total. The Hall–Kier alpha value is -5.95. The summed E-state index contributed by atoms with van der Waals surface area (Å²) in [5.41, 5.74) is 4.51. The molecular weight excluding hydrogens is 670 g/mol. The van der Waals surface area contributed by atoms with E-state index in [1.807, 2.05) is 84.9 Å². The Morgan fingerprint density at radius 1 is 0.547 bits per heavy atom. The molecule has 1 heterocycles. The molecule has 0 saturated carbocycles. The zero-order chi connectivity index (χ0) is 37.4. The van der Waals surface area contributed by atoms with E-state index >= 15 is 0 Å². The van der Waals surface area contributed by atoms with E-state index in [0.717, 1.165) is 43.7 Å². The number of nitrogens with one attached hydrogen (secondary N) is 1. The van der Waals surface area contributed by atoms with Crippen LogP contribution in [0.15, 0.2) is 105 Å². The van der Waals surface area contributed by atoms with Gasteiger partial charge in [-0.05, 0) is 85.7 Å². The van der Waals surface area contributed by atoms with Crippen molar-refractivity contribution in [3.05, 3.63) is 108 Å². The number of nitrogens with zero attached hydrogens (tertiary/aromatic N) is 8. The van der Waals surface area contributed by atoms with E-state index < -0.39 is 0 Å². The number of hydrogen-bond donors (Lipinski definition) is 1. The second-order valence-corrected chi connectivity index (χ2v) is 11.9. The molecule has 0 aliphatic carbocycles. The lowest BCUT2D eigenvalue weighted by Crippen LogP contribution is -2.25. The van der Waals surface area contributed by atoms with Crippen molar-refractivity contribution in [2.75, 3.05) is 59.9 Å². The summed E-state index contributed by atoms with van der Waals surface area (Å²) in [5.74, 6) is 4.24. The molecule has 1 aromatic heterocycles.